The zero-order valence-electron chi connectivity index (χ0n) is 17.1. The Balaban J connectivity index is 1.40. The van der Waals surface area contributed by atoms with Crippen molar-refractivity contribution in [3.63, 3.8) is 0 Å². The van der Waals surface area contributed by atoms with E-state index >= 15 is 0 Å². The van der Waals surface area contributed by atoms with E-state index in [1.54, 1.807) is 31.4 Å². The number of benzene rings is 2. The van der Waals surface area contributed by atoms with Crippen LogP contribution in [0.2, 0.25) is 0 Å². The van der Waals surface area contributed by atoms with Crippen LogP contribution >= 0.6 is 0 Å². The minimum atomic E-state index is -0.395. The lowest BCUT2D eigenvalue weighted by Crippen LogP contribution is -2.22. The van der Waals surface area contributed by atoms with Gasteiger partial charge in [-0.2, -0.15) is 10.2 Å². The maximum atomic E-state index is 12.7. The molecule has 0 atom stereocenters. The summed E-state index contributed by atoms with van der Waals surface area (Å²) in [5.74, 6) is 1.92. The highest BCUT2D eigenvalue weighted by Gasteiger charge is 2.16. The third-order valence-corrected chi connectivity index (χ3v) is 5.00. The smallest absolute Gasteiger partial charge is 0.290 e. The number of nitrogens with zero attached hydrogens (tertiary/aromatic N) is 3. The van der Waals surface area contributed by atoms with E-state index in [9.17, 15) is 9.59 Å². The highest BCUT2D eigenvalue weighted by molar-refractivity contribution is 5.92. The van der Waals surface area contributed by atoms with Crippen LogP contribution in [-0.2, 0) is 11.2 Å². The van der Waals surface area contributed by atoms with Crippen molar-refractivity contribution in [2.75, 3.05) is 25.6 Å². The Morgan fingerprint density at radius 2 is 1.91 bits per heavy atom. The molecule has 0 spiro atoms. The van der Waals surface area contributed by atoms with Crippen LogP contribution in [0.1, 0.15) is 5.82 Å². The molecule has 0 unspecified atom stereocenters. The minimum Gasteiger partial charge on any atom is -0.497 e. The summed E-state index contributed by atoms with van der Waals surface area (Å²) in [4.78, 5) is 24.9. The Labute approximate surface area is 181 Å². The molecule has 0 radical (unpaired) electrons. The molecular weight excluding hydrogens is 414 g/mol. The summed E-state index contributed by atoms with van der Waals surface area (Å²) < 4.78 is 17.6. The van der Waals surface area contributed by atoms with Crippen LogP contribution in [0.3, 0.4) is 0 Å². The average Bonchev–Trinajstić information content (AvgIpc) is 3.28. The van der Waals surface area contributed by atoms with Gasteiger partial charge in [0.15, 0.2) is 17.3 Å². The number of H-pyrrole nitrogens is 1. The standard InChI is InChI=1S/C22H19N5O5/c1-30-15-5-2-13(3-6-15)16-11-17-22(29)25-24-20(27(17)26-16)12-21(28)23-14-4-7-18-19(10-14)32-9-8-31-18/h2-7,10-11H,8-9,12H2,1H3,(H,23,28)(H,25,29). The molecule has 3 heterocycles. The Morgan fingerprint density at radius 3 is 2.69 bits per heavy atom. The van der Waals surface area contributed by atoms with Crippen molar-refractivity contribution in [2.24, 2.45) is 0 Å². The fourth-order valence-electron chi connectivity index (χ4n) is 3.45. The number of hydrogen-bond acceptors (Lipinski definition) is 7. The number of amides is 1. The highest BCUT2D eigenvalue weighted by Crippen LogP contribution is 2.32. The zero-order chi connectivity index (χ0) is 22.1. The number of fused-ring (bicyclic) bond motifs is 2. The molecule has 1 amide bonds. The number of ether oxygens (including phenoxy) is 3. The van der Waals surface area contributed by atoms with E-state index in [2.05, 4.69) is 20.6 Å². The van der Waals surface area contributed by atoms with Crippen molar-refractivity contribution >= 4 is 17.1 Å². The summed E-state index contributed by atoms with van der Waals surface area (Å²) in [6.07, 6.45) is -0.0918. The van der Waals surface area contributed by atoms with E-state index in [4.69, 9.17) is 14.2 Å². The maximum Gasteiger partial charge on any atom is 0.290 e. The molecule has 1 aliphatic rings. The third-order valence-electron chi connectivity index (χ3n) is 5.00. The number of nitrogens with one attached hydrogen (secondary N) is 2. The molecule has 32 heavy (non-hydrogen) atoms. The van der Waals surface area contributed by atoms with Gasteiger partial charge in [0.05, 0.1) is 19.2 Å². The van der Waals surface area contributed by atoms with Crippen molar-refractivity contribution in [2.45, 2.75) is 6.42 Å². The fourth-order valence-corrected chi connectivity index (χ4v) is 3.45. The molecule has 0 fully saturated rings. The Bertz CT molecular complexity index is 1360. The Morgan fingerprint density at radius 1 is 1.12 bits per heavy atom. The van der Waals surface area contributed by atoms with Crippen molar-refractivity contribution in [1.29, 1.82) is 0 Å². The van der Waals surface area contributed by atoms with Gasteiger partial charge in [-0.3, -0.25) is 9.59 Å². The zero-order valence-corrected chi connectivity index (χ0v) is 17.1. The molecule has 0 saturated heterocycles. The molecule has 162 valence electrons. The van der Waals surface area contributed by atoms with E-state index in [1.807, 2.05) is 24.3 Å². The highest BCUT2D eigenvalue weighted by atomic mass is 16.6. The summed E-state index contributed by atoms with van der Waals surface area (Å²) in [6.45, 7) is 0.953. The molecule has 10 heteroatoms. The van der Waals surface area contributed by atoms with Crippen LogP contribution in [0.25, 0.3) is 16.8 Å². The van der Waals surface area contributed by atoms with E-state index in [0.29, 0.717) is 53.2 Å². The first-order chi connectivity index (χ1) is 15.6. The number of methoxy groups -OCH3 is 1. The van der Waals surface area contributed by atoms with Crippen LogP contribution in [0.5, 0.6) is 17.2 Å². The lowest BCUT2D eigenvalue weighted by Gasteiger charge is -2.19. The summed E-state index contributed by atoms with van der Waals surface area (Å²) in [6, 6.07) is 14.1. The molecule has 10 nitrogen and oxygen atoms in total. The predicted molar refractivity (Wildman–Crippen MR) is 115 cm³/mol. The summed E-state index contributed by atoms with van der Waals surface area (Å²) in [7, 11) is 1.59. The number of rotatable bonds is 5. The topological polar surface area (TPSA) is 120 Å². The van der Waals surface area contributed by atoms with E-state index in [1.165, 1.54) is 4.52 Å². The number of carbonyl (C=O) groups is 1. The monoisotopic (exact) mass is 433 g/mol. The molecule has 5 rings (SSSR count). The van der Waals surface area contributed by atoms with E-state index < -0.39 is 5.56 Å². The molecular formula is C22H19N5O5. The van der Waals surface area contributed by atoms with Crippen LogP contribution in [-0.4, -0.2) is 46.0 Å². The molecule has 1 aliphatic heterocycles. The van der Waals surface area contributed by atoms with Gasteiger partial charge in [0.25, 0.3) is 5.56 Å². The molecule has 0 aliphatic carbocycles. The van der Waals surface area contributed by atoms with Crippen molar-refractivity contribution in [1.82, 2.24) is 19.8 Å². The second-order valence-electron chi connectivity index (χ2n) is 7.11. The lowest BCUT2D eigenvalue weighted by molar-refractivity contribution is -0.115. The molecule has 0 saturated carbocycles. The first-order valence-corrected chi connectivity index (χ1v) is 9.92. The second kappa shape index (κ2) is 8.06. The summed E-state index contributed by atoms with van der Waals surface area (Å²) in [5, 5.41) is 13.8. The average molecular weight is 433 g/mol. The number of hydrogen-bond donors (Lipinski definition) is 2. The first kappa shape index (κ1) is 19.6. The first-order valence-electron chi connectivity index (χ1n) is 9.92. The molecule has 0 bridgehead atoms. The van der Waals surface area contributed by atoms with Crippen molar-refractivity contribution < 1.29 is 19.0 Å². The molecule has 2 aromatic heterocycles. The quantitative estimate of drug-likeness (QED) is 0.494. The van der Waals surface area contributed by atoms with Gasteiger partial charge >= 0.3 is 0 Å². The second-order valence-corrected chi connectivity index (χ2v) is 7.11. The van der Waals surface area contributed by atoms with Gasteiger partial charge < -0.3 is 19.5 Å². The van der Waals surface area contributed by atoms with Gasteiger partial charge in [-0.05, 0) is 42.5 Å². The van der Waals surface area contributed by atoms with Crippen molar-refractivity contribution in [3.8, 4) is 28.5 Å². The lowest BCUT2D eigenvalue weighted by atomic mass is 10.1. The molecule has 4 aromatic rings. The van der Waals surface area contributed by atoms with E-state index in [-0.39, 0.29) is 12.3 Å². The third kappa shape index (κ3) is 3.73. The van der Waals surface area contributed by atoms with Gasteiger partial charge in [-0.25, -0.2) is 9.61 Å². The Hall–Kier alpha value is -4.34. The number of anilines is 1. The van der Waals surface area contributed by atoms with Gasteiger partial charge in [0.2, 0.25) is 5.91 Å². The predicted octanol–water partition coefficient (Wildman–Crippen LogP) is 2.05. The molecule has 2 N–H and O–H groups in total. The number of carbonyl (C=O) groups excluding carboxylic acids is 1. The normalized spacial score (nSPS) is 12.5. The summed E-state index contributed by atoms with van der Waals surface area (Å²) >= 11 is 0. The van der Waals surface area contributed by atoms with Gasteiger partial charge in [-0.1, -0.05) is 0 Å². The van der Waals surface area contributed by atoms with Crippen LogP contribution in [0, 0.1) is 0 Å². The fraction of sp³-hybridized carbons (Fsp3) is 0.182. The SMILES string of the molecule is COc1ccc(-c2cc3c(=O)[nH]nc(CC(=O)Nc4ccc5c(c4)OCCO5)n3n2)cc1. The van der Waals surface area contributed by atoms with Crippen LogP contribution in [0.15, 0.2) is 53.3 Å². The van der Waals surface area contributed by atoms with Crippen molar-refractivity contribution in [3.05, 3.63) is 64.7 Å². The van der Waals surface area contributed by atoms with Gasteiger partial charge in [0.1, 0.15) is 24.5 Å². The minimum absolute atomic E-state index is 0.0918. The summed E-state index contributed by atoms with van der Waals surface area (Å²) in [5.41, 5.74) is 1.86. The number of aromatic nitrogens is 4. The number of aromatic amines is 1. The Kier molecular flexibility index (Phi) is 4.94. The van der Waals surface area contributed by atoms with Gasteiger partial charge in [0, 0.05) is 17.3 Å². The van der Waals surface area contributed by atoms with Crippen LogP contribution < -0.4 is 25.1 Å². The largest absolute Gasteiger partial charge is 0.497 e. The van der Waals surface area contributed by atoms with E-state index in [0.717, 1.165) is 5.56 Å². The van der Waals surface area contributed by atoms with Gasteiger partial charge in [-0.15, -0.1) is 0 Å². The van der Waals surface area contributed by atoms with Crippen LogP contribution in [0.4, 0.5) is 5.69 Å². The maximum absolute atomic E-state index is 12.7. The molecule has 2 aromatic carbocycles.